The van der Waals surface area contributed by atoms with Crippen molar-refractivity contribution in [2.45, 2.75) is 19.5 Å². The number of imide groups is 1. The summed E-state index contributed by atoms with van der Waals surface area (Å²) in [7, 11) is 1.66. The summed E-state index contributed by atoms with van der Waals surface area (Å²) < 4.78 is 9.40. The Kier molecular flexibility index (Phi) is 4.56. The number of fused-ring (bicyclic) bond motifs is 3. The molecule has 144 valence electrons. The number of aromatic nitrogens is 2. The summed E-state index contributed by atoms with van der Waals surface area (Å²) in [5, 5.41) is 0. The van der Waals surface area contributed by atoms with Crippen LogP contribution in [-0.2, 0) is 16.1 Å². The summed E-state index contributed by atoms with van der Waals surface area (Å²) in [6, 6.07) is -0.955. The van der Waals surface area contributed by atoms with Crippen LogP contribution in [0.2, 0.25) is 0 Å². The van der Waals surface area contributed by atoms with Crippen molar-refractivity contribution in [3.05, 3.63) is 24.5 Å². The van der Waals surface area contributed by atoms with Crippen LogP contribution < -0.4 is 4.57 Å². The first-order chi connectivity index (χ1) is 13.0. The molecule has 3 aliphatic heterocycles. The molecule has 4 heterocycles. The average Bonchev–Trinajstić information content (AvgIpc) is 3.17. The van der Waals surface area contributed by atoms with E-state index in [0.29, 0.717) is 11.8 Å². The van der Waals surface area contributed by atoms with Gasteiger partial charge in [0.05, 0.1) is 19.8 Å². The Labute approximate surface area is 158 Å². The number of aliphatic imine (C=N–C) groups is 1. The number of ether oxygens (including phenoxy) is 1. The fourth-order valence-electron chi connectivity index (χ4n) is 3.87. The zero-order valence-electron chi connectivity index (χ0n) is 15.8. The van der Waals surface area contributed by atoms with Crippen molar-refractivity contribution in [2.24, 2.45) is 4.99 Å². The molecule has 2 saturated heterocycles. The van der Waals surface area contributed by atoms with Crippen LogP contribution in [0.25, 0.3) is 0 Å². The Bertz CT molecular complexity index is 823. The molecule has 3 aliphatic rings. The van der Waals surface area contributed by atoms with Crippen LogP contribution in [0.15, 0.2) is 23.8 Å². The lowest BCUT2D eigenvalue weighted by molar-refractivity contribution is -0.677. The van der Waals surface area contributed by atoms with Crippen molar-refractivity contribution in [1.29, 1.82) is 0 Å². The molecule has 27 heavy (non-hydrogen) atoms. The largest absolute Gasteiger partial charge is 0.401 e. The van der Waals surface area contributed by atoms with E-state index in [0.717, 1.165) is 45.1 Å². The van der Waals surface area contributed by atoms with Crippen LogP contribution in [0.1, 0.15) is 11.7 Å². The molecule has 1 unspecified atom stereocenters. The van der Waals surface area contributed by atoms with Crippen LogP contribution in [0, 0.1) is 6.92 Å². The molecule has 1 aromatic rings. The third-order valence-electron chi connectivity index (χ3n) is 5.38. The molecule has 4 rings (SSSR count). The molecule has 0 bridgehead atoms. The number of rotatable bonds is 5. The number of urea groups is 1. The molecule has 0 radical (unpaired) electrons. The van der Waals surface area contributed by atoms with Gasteiger partial charge in [0.25, 0.3) is 5.91 Å². The van der Waals surface area contributed by atoms with Gasteiger partial charge in [-0.25, -0.2) is 13.9 Å². The molecule has 0 saturated carbocycles. The van der Waals surface area contributed by atoms with E-state index >= 15 is 0 Å². The highest BCUT2D eigenvalue weighted by molar-refractivity contribution is 6.19. The fraction of sp³-hybridized carbons (Fsp3) is 0.556. The van der Waals surface area contributed by atoms with Gasteiger partial charge in [-0.3, -0.25) is 19.5 Å². The van der Waals surface area contributed by atoms with Gasteiger partial charge in [0.1, 0.15) is 11.9 Å². The second-order valence-corrected chi connectivity index (χ2v) is 7.04. The maximum Gasteiger partial charge on any atom is 0.401 e. The number of aryl methyl sites for hydroxylation is 1. The smallest absolute Gasteiger partial charge is 0.379 e. The predicted octanol–water partition coefficient (Wildman–Crippen LogP) is 0.0809. The van der Waals surface area contributed by atoms with E-state index in [2.05, 4.69) is 21.0 Å². The highest BCUT2D eigenvalue weighted by Crippen LogP contribution is 2.29. The third-order valence-corrected chi connectivity index (χ3v) is 5.38. The summed E-state index contributed by atoms with van der Waals surface area (Å²) in [5.41, 5.74) is 1.05. The van der Waals surface area contributed by atoms with Crippen molar-refractivity contribution in [1.82, 2.24) is 19.3 Å². The molecule has 1 atom stereocenters. The van der Waals surface area contributed by atoms with Gasteiger partial charge in [-0.1, -0.05) is 11.1 Å². The molecule has 1 aromatic heterocycles. The zero-order valence-corrected chi connectivity index (χ0v) is 15.8. The van der Waals surface area contributed by atoms with Gasteiger partial charge in [0, 0.05) is 33.2 Å². The highest BCUT2D eigenvalue weighted by Gasteiger charge is 2.52. The molecule has 0 aliphatic carbocycles. The first kappa shape index (κ1) is 17.9. The molecule has 9 heteroatoms. The van der Waals surface area contributed by atoms with E-state index in [1.807, 2.05) is 17.7 Å². The summed E-state index contributed by atoms with van der Waals surface area (Å²) in [6.07, 6.45) is 3.51. The number of nitrogens with zero attached hydrogens (tertiary/aromatic N) is 6. The molecular formula is C18H25N6O3+. The molecule has 2 fully saturated rings. The van der Waals surface area contributed by atoms with Crippen molar-refractivity contribution in [3.63, 3.8) is 0 Å². The van der Waals surface area contributed by atoms with Gasteiger partial charge < -0.3 is 4.74 Å². The summed E-state index contributed by atoms with van der Waals surface area (Å²) in [4.78, 5) is 35.1. The van der Waals surface area contributed by atoms with Crippen molar-refractivity contribution in [3.8, 4) is 0 Å². The molecule has 0 spiro atoms. The third kappa shape index (κ3) is 2.87. The number of hydrogen-bond donors (Lipinski definition) is 0. The second kappa shape index (κ2) is 6.90. The number of carbonyl (C=O) groups excluding carboxylic acids is 2. The van der Waals surface area contributed by atoms with Gasteiger partial charge in [-0.05, 0) is 6.92 Å². The van der Waals surface area contributed by atoms with Gasteiger partial charge >= 0.3 is 12.0 Å². The molecular weight excluding hydrogens is 348 g/mol. The predicted molar refractivity (Wildman–Crippen MR) is 97.8 cm³/mol. The Morgan fingerprint density at radius 1 is 1.33 bits per heavy atom. The quantitative estimate of drug-likeness (QED) is 0.541. The van der Waals surface area contributed by atoms with E-state index in [9.17, 15) is 9.59 Å². The fourth-order valence-corrected chi connectivity index (χ4v) is 3.87. The second-order valence-electron chi connectivity index (χ2n) is 7.04. The summed E-state index contributed by atoms with van der Waals surface area (Å²) in [6.45, 7) is 10.9. The average molecular weight is 373 g/mol. The van der Waals surface area contributed by atoms with Gasteiger partial charge in [0.15, 0.2) is 0 Å². The number of morpholine rings is 1. The monoisotopic (exact) mass is 373 g/mol. The standard InChI is InChI=1S/C18H25N6O3/c1-4-5-23-16(25)14-15(20(3)18(23)26)19-17-22(13(2)12-24(14)17)7-6-21-8-10-27-11-9-21/h4,12,14H,1,5-11H2,2-3H3/q+1. The lowest BCUT2D eigenvalue weighted by Gasteiger charge is -2.32. The van der Waals surface area contributed by atoms with Gasteiger partial charge in [-0.15, -0.1) is 6.58 Å². The minimum atomic E-state index is -0.592. The lowest BCUT2D eigenvalue weighted by Crippen LogP contribution is -2.62. The molecule has 0 aromatic carbocycles. The SMILES string of the molecule is C=CCN1C(=O)C2C(=Nc3n(CCN4CCOCC4)c(C)c[n+]32)N(C)C1=O. The Hall–Kier alpha value is -2.52. The minimum Gasteiger partial charge on any atom is -0.379 e. The van der Waals surface area contributed by atoms with Crippen LogP contribution in [-0.4, -0.2) is 83.5 Å². The molecule has 9 nitrogen and oxygen atoms in total. The van der Waals surface area contributed by atoms with E-state index in [-0.39, 0.29) is 18.5 Å². The normalized spacial score (nSPS) is 22.7. The Morgan fingerprint density at radius 2 is 2.07 bits per heavy atom. The Balaban J connectivity index is 1.62. The summed E-state index contributed by atoms with van der Waals surface area (Å²) >= 11 is 0. The molecule has 0 N–H and O–H groups in total. The number of hydrogen-bond acceptors (Lipinski definition) is 5. The van der Waals surface area contributed by atoms with Crippen LogP contribution in [0.4, 0.5) is 10.7 Å². The first-order valence-electron chi connectivity index (χ1n) is 9.23. The van der Waals surface area contributed by atoms with Crippen LogP contribution in [0.5, 0.6) is 0 Å². The van der Waals surface area contributed by atoms with E-state index in [1.54, 1.807) is 13.1 Å². The number of amides is 3. The van der Waals surface area contributed by atoms with Crippen molar-refractivity contribution in [2.75, 3.05) is 46.4 Å². The zero-order chi connectivity index (χ0) is 19.1. The maximum atomic E-state index is 12.9. The Morgan fingerprint density at radius 3 is 2.78 bits per heavy atom. The van der Waals surface area contributed by atoms with Gasteiger partial charge in [0.2, 0.25) is 11.9 Å². The number of amidine groups is 1. The van der Waals surface area contributed by atoms with Crippen molar-refractivity contribution >= 4 is 23.7 Å². The number of likely N-dealkylation sites (N-methyl/N-ethyl adjacent to an activating group) is 1. The van der Waals surface area contributed by atoms with E-state index in [4.69, 9.17) is 4.74 Å². The van der Waals surface area contributed by atoms with E-state index in [1.165, 1.54) is 9.80 Å². The molecule has 3 amide bonds. The summed E-state index contributed by atoms with van der Waals surface area (Å²) in [5.74, 6) is 0.945. The van der Waals surface area contributed by atoms with Crippen molar-refractivity contribution < 1.29 is 18.9 Å². The lowest BCUT2D eigenvalue weighted by atomic mass is 10.1. The van der Waals surface area contributed by atoms with Gasteiger partial charge in [-0.2, -0.15) is 0 Å². The van der Waals surface area contributed by atoms with E-state index < -0.39 is 6.04 Å². The maximum absolute atomic E-state index is 12.9. The highest BCUT2D eigenvalue weighted by atomic mass is 16.5. The minimum absolute atomic E-state index is 0.193. The topological polar surface area (TPSA) is 74.3 Å². The number of imidazole rings is 1. The number of carbonyl (C=O) groups is 2. The first-order valence-corrected chi connectivity index (χ1v) is 9.23. The van der Waals surface area contributed by atoms with Crippen LogP contribution in [0.3, 0.4) is 0 Å². The van der Waals surface area contributed by atoms with Crippen LogP contribution >= 0.6 is 0 Å².